The minimum Gasteiger partial charge on any atom is -0.448 e. The third kappa shape index (κ3) is 3.70. The normalized spacial score (nSPS) is 13.8. The van der Waals surface area contributed by atoms with Gasteiger partial charge >= 0.3 is 6.09 Å². The zero-order valence-corrected chi connectivity index (χ0v) is 16.8. The van der Waals surface area contributed by atoms with Crippen LogP contribution in [0, 0.1) is 6.92 Å². The summed E-state index contributed by atoms with van der Waals surface area (Å²) in [7, 11) is 0. The number of pyridine rings is 1. The summed E-state index contributed by atoms with van der Waals surface area (Å²) in [5, 5.41) is 10.2. The summed E-state index contributed by atoms with van der Waals surface area (Å²) in [5.74, 6) is 1.40. The van der Waals surface area contributed by atoms with Gasteiger partial charge in [0.1, 0.15) is 6.61 Å². The molecule has 1 aromatic carbocycles. The highest BCUT2D eigenvalue weighted by Crippen LogP contribution is 2.31. The summed E-state index contributed by atoms with van der Waals surface area (Å²) < 4.78 is 6.98. The fourth-order valence-electron chi connectivity index (χ4n) is 2.98. The van der Waals surface area contributed by atoms with E-state index in [0.29, 0.717) is 30.5 Å². The quantitative estimate of drug-likeness (QED) is 0.569. The lowest BCUT2D eigenvalue weighted by molar-refractivity contribution is 0.160. The number of nitrogens with zero attached hydrogens (tertiary/aromatic N) is 5. The largest absolute Gasteiger partial charge is 0.448 e. The molecule has 0 radical (unpaired) electrons. The van der Waals surface area contributed by atoms with Crippen LogP contribution in [0.2, 0.25) is 5.02 Å². The van der Waals surface area contributed by atoms with Gasteiger partial charge in [-0.2, -0.15) is 0 Å². The molecule has 0 unspecified atom stereocenters. The number of ether oxygens (including phenoxy) is 1. The fraction of sp³-hybridized carbons (Fsp3) is 0.263. The first-order chi connectivity index (χ1) is 13.6. The molecule has 144 valence electrons. The Bertz CT molecular complexity index is 995. The van der Waals surface area contributed by atoms with E-state index in [2.05, 4.69) is 15.2 Å². The first-order valence-corrected chi connectivity index (χ1v) is 10.2. The first kappa shape index (κ1) is 18.8. The maximum absolute atomic E-state index is 11.6. The highest BCUT2D eigenvalue weighted by Gasteiger charge is 2.22. The van der Waals surface area contributed by atoms with E-state index in [-0.39, 0.29) is 6.09 Å². The molecule has 3 heterocycles. The molecule has 0 bridgehead atoms. The van der Waals surface area contributed by atoms with E-state index >= 15 is 0 Å². The average molecular weight is 416 g/mol. The number of hydrogen-bond acceptors (Lipinski definition) is 6. The molecular formula is C19H18ClN5O2S. The molecular weight excluding hydrogens is 398 g/mol. The number of rotatable bonds is 6. The molecule has 4 rings (SSSR count). The summed E-state index contributed by atoms with van der Waals surface area (Å²) >= 11 is 7.90. The van der Waals surface area contributed by atoms with Crippen molar-refractivity contribution >= 4 is 29.5 Å². The Labute approximate surface area is 171 Å². The number of hydrogen-bond donors (Lipinski definition) is 0. The summed E-state index contributed by atoms with van der Waals surface area (Å²) in [6.45, 7) is 3.65. The predicted octanol–water partition coefficient (Wildman–Crippen LogP) is 3.84. The Balaban J connectivity index is 1.67. The van der Waals surface area contributed by atoms with Gasteiger partial charge in [0.2, 0.25) is 0 Å². The second-order valence-electron chi connectivity index (χ2n) is 6.21. The van der Waals surface area contributed by atoms with E-state index in [9.17, 15) is 4.79 Å². The molecule has 1 aliphatic rings. The number of thioether (sulfide) groups is 1. The van der Waals surface area contributed by atoms with Crippen LogP contribution in [0.25, 0.3) is 17.1 Å². The van der Waals surface area contributed by atoms with Crippen LogP contribution in [0.4, 0.5) is 4.79 Å². The van der Waals surface area contributed by atoms with E-state index < -0.39 is 0 Å². The minimum atomic E-state index is -0.259. The molecule has 0 aliphatic carbocycles. The van der Waals surface area contributed by atoms with E-state index in [0.717, 1.165) is 27.8 Å². The Morgan fingerprint density at radius 2 is 2.04 bits per heavy atom. The SMILES string of the molecule is Cc1c(Cl)cccc1-n1c(SCCN2CCOC2=O)nnc1-c1ccncc1. The monoisotopic (exact) mass is 415 g/mol. The maximum atomic E-state index is 11.6. The Morgan fingerprint density at radius 1 is 1.21 bits per heavy atom. The number of carbonyl (C=O) groups excluding carboxylic acids is 1. The molecule has 1 amide bonds. The first-order valence-electron chi connectivity index (χ1n) is 8.81. The van der Waals surface area contributed by atoms with Crippen molar-refractivity contribution in [3.8, 4) is 17.1 Å². The summed E-state index contributed by atoms with van der Waals surface area (Å²) in [5.41, 5.74) is 2.79. The van der Waals surface area contributed by atoms with Gasteiger partial charge in [-0.15, -0.1) is 10.2 Å². The molecule has 1 fully saturated rings. The number of halogens is 1. The molecule has 2 aromatic heterocycles. The van der Waals surface area contributed by atoms with Crippen molar-refractivity contribution in [2.45, 2.75) is 12.1 Å². The van der Waals surface area contributed by atoms with E-state index in [1.807, 2.05) is 41.8 Å². The van der Waals surface area contributed by atoms with Gasteiger partial charge in [-0.05, 0) is 36.8 Å². The Hall–Kier alpha value is -2.58. The van der Waals surface area contributed by atoms with Crippen LogP contribution in [-0.4, -0.2) is 56.2 Å². The van der Waals surface area contributed by atoms with E-state index in [1.165, 1.54) is 0 Å². The summed E-state index contributed by atoms with van der Waals surface area (Å²) in [4.78, 5) is 17.4. The minimum absolute atomic E-state index is 0.259. The van der Waals surface area contributed by atoms with Crippen molar-refractivity contribution in [1.29, 1.82) is 0 Å². The van der Waals surface area contributed by atoms with Gasteiger partial charge in [-0.25, -0.2) is 4.79 Å². The van der Waals surface area contributed by atoms with Crippen LogP contribution in [0.1, 0.15) is 5.56 Å². The molecule has 0 N–H and O–H groups in total. The lowest BCUT2D eigenvalue weighted by atomic mass is 10.2. The van der Waals surface area contributed by atoms with Gasteiger partial charge in [0, 0.05) is 35.3 Å². The molecule has 0 saturated carbocycles. The van der Waals surface area contributed by atoms with Crippen molar-refractivity contribution in [3.63, 3.8) is 0 Å². The number of benzene rings is 1. The van der Waals surface area contributed by atoms with Crippen molar-refractivity contribution < 1.29 is 9.53 Å². The fourth-order valence-corrected chi connectivity index (χ4v) is 4.06. The molecule has 28 heavy (non-hydrogen) atoms. The molecule has 7 nitrogen and oxygen atoms in total. The van der Waals surface area contributed by atoms with Gasteiger partial charge in [0.05, 0.1) is 12.2 Å². The van der Waals surface area contributed by atoms with Gasteiger partial charge in [0.25, 0.3) is 0 Å². The standard InChI is InChI=1S/C19H18ClN5O2S/c1-13-15(20)3-2-4-16(13)25-17(14-5-7-21-8-6-14)22-23-18(25)28-12-10-24-9-11-27-19(24)26/h2-8H,9-12H2,1H3. The van der Waals surface area contributed by atoms with E-state index in [1.54, 1.807) is 29.1 Å². The maximum Gasteiger partial charge on any atom is 0.409 e. The van der Waals surface area contributed by atoms with Crippen molar-refractivity contribution in [2.24, 2.45) is 0 Å². The molecule has 1 aliphatic heterocycles. The summed E-state index contributed by atoms with van der Waals surface area (Å²) in [6.07, 6.45) is 3.20. The average Bonchev–Trinajstić information content (AvgIpc) is 3.31. The third-order valence-electron chi connectivity index (χ3n) is 4.49. The number of cyclic esters (lactones) is 1. The molecule has 9 heteroatoms. The molecule has 1 saturated heterocycles. The predicted molar refractivity (Wildman–Crippen MR) is 108 cm³/mol. The highest BCUT2D eigenvalue weighted by molar-refractivity contribution is 7.99. The lowest BCUT2D eigenvalue weighted by Gasteiger charge is -2.15. The molecule has 3 aromatic rings. The third-order valence-corrected chi connectivity index (χ3v) is 5.81. The van der Waals surface area contributed by atoms with Crippen LogP contribution < -0.4 is 0 Å². The number of amides is 1. The zero-order valence-electron chi connectivity index (χ0n) is 15.2. The highest BCUT2D eigenvalue weighted by atomic mass is 35.5. The van der Waals surface area contributed by atoms with Gasteiger partial charge in [-0.3, -0.25) is 9.55 Å². The van der Waals surface area contributed by atoms with Crippen LogP contribution in [0.15, 0.2) is 47.9 Å². The summed E-state index contributed by atoms with van der Waals surface area (Å²) in [6, 6.07) is 9.57. The van der Waals surface area contributed by atoms with Crippen LogP contribution in [-0.2, 0) is 4.74 Å². The van der Waals surface area contributed by atoms with Gasteiger partial charge in [0.15, 0.2) is 11.0 Å². The van der Waals surface area contributed by atoms with Gasteiger partial charge < -0.3 is 9.64 Å². The smallest absolute Gasteiger partial charge is 0.409 e. The van der Waals surface area contributed by atoms with Crippen molar-refractivity contribution in [1.82, 2.24) is 24.6 Å². The number of aromatic nitrogens is 4. The second kappa shape index (κ2) is 8.20. The molecule has 0 spiro atoms. The van der Waals surface area contributed by atoms with Gasteiger partial charge in [-0.1, -0.05) is 29.4 Å². The van der Waals surface area contributed by atoms with Crippen LogP contribution >= 0.6 is 23.4 Å². The van der Waals surface area contributed by atoms with E-state index in [4.69, 9.17) is 16.3 Å². The second-order valence-corrected chi connectivity index (χ2v) is 7.68. The Kier molecular flexibility index (Phi) is 5.50. The van der Waals surface area contributed by atoms with Crippen LogP contribution in [0.3, 0.4) is 0 Å². The zero-order chi connectivity index (χ0) is 19.5. The van der Waals surface area contributed by atoms with Crippen LogP contribution in [0.5, 0.6) is 0 Å². The number of carbonyl (C=O) groups is 1. The molecule has 0 atom stereocenters. The topological polar surface area (TPSA) is 73.1 Å². The van der Waals surface area contributed by atoms with Crippen molar-refractivity contribution in [3.05, 3.63) is 53.3 Å². The van der Waals surface area contributed by atoms with Crippen molar-refractivity contribution in [2.75, 3.05) is 25.4 Å². The Morgan fingerprint density at radius 3 is 2.79 bits per heavy atom. The lowest BCUT2D eigenvalue weighted by Crippen LogP contribution is -2.26.